The molecule has 0 aliphatic rings. The van der Waals surface area contributed by atoms with Crippen molar-refractivity contribution in [1.82, 2.24) is 4.90 Å². The molecule has 0 saturated heterocycles. The molecule has 0 saturated carbocycles. The molecule has 0 spiro atoms. The molecule has 0 heterocycles. The van der Waals surface area contributed by atoms with Gasteiger partial charge >= 0.3 is 5.97 Å². The van der Waals surface area contributed by atoms with Gasteiger partial charge in [0.2, 0.25) is 5.91 Å². The molecular weight excluding hydrogens is 273 g/mol. The number of aliphatic carboxylic acids is 1. The van der Waals surface area contributed by atoms with Gasteiger partial charge in [0.15, 0.2) is 0 Å². The average Bonchev–Trinajstić information content (AvgIpc) is 2.33. The minimum absolute atomic E-state index is 0.0593. The van der Waals surface area contributed by atoms with Crippen molar-refractivity contribution in [1.29, 1.82) is 0 Å². The van der Waals surface area contributed by atoms with Crippen LogP contribution in [-0.2, 0) is 16.1 Å². The number of hydrogen-bond acceptors (Lipinski definition) is 2. The summed E-state index contributed by atoms with van der Waals surface area (Å²) in [5, 5.41) is 8.86. The SMILES string of the molecule is CCN(Cc1cccc(F)c1)C(=O)CC(C)(C)CC(=O)O. The molecule has 0 unspecified atom stereocenters. The van der Waals surface area contributed by atoms with Crippen molar-refractivity contribution < 1.29 is 19.1 Å². The zero-order valence-electron chi connectivity index (χ0n) is 12.7. The standard InChI is InChI=1S/C16H22FNO3/c1-4-18(11-12-6-5-7-13(17)8-12)14(19)9-16(2,3)10-15(20)21/h5-8H,4,9-11H2,1-3H3,(H,20,21). The maximum absolute atomic E-state index is 13.2. The Kier molecular flexibility index (Phi) is 5.88. The van der Waals surface area contributed by atoms with Crippen LogP contribution < -0.4 is 0 Å². The first-order chi connectivity index (χ1) is 9.73. The van der Waals surface area contributed by atoms with Crippen LogP contribution in [-0.4, -0.2) is 28.4 Å². The van der Waals surface area contributed by atoms with Crippen molar-refractivity contribution in [2.45, 2.75) is 40.2 Å². The van der Waals surface area contributed by atoms with Gasteiger partial charge in [-0.15, -0.1) is 0 Å². The fourth-order valence-electron chi connectivity index (χ4n) is 2.23. The molecule has 5 heteroatoms. The number of carboxylic acid groups (broad SMARTS) is 1. The summed E-state index contributed by atoms with van der Waals surface area (Å²) in [5.41, 5.74) is 0.124. The Morgan fingerprint density at radius 3 is 2.48 bits per heavy atom. The number of halogens is 1. The normalized spacial score (nSPS) is 11.2. The van der Waals surface area contributed by atoms with E-state index in [9.17, 15) is 14.0 Å². The Balaban J connectivity index is 2.71. The monoisotopic (exact) mass is 295 g/mol. The van der Waals surface area contributed by atoms with Gasteiger partial charge in [0.25, 0.3) is 0 Å². The van der Waals surface area contributed by atoms with Crippen molar-refractivity contribution in [2.75, 3.05) is 6.54 Å². The molecule has 116 valence electrons. The number of carboxylic acids is 1. The summed E-state index contributed by atoms with van der Waals surface area (Å²) in [6.07, 6.45) is 0.0959. The molecule has 0 aliphatic carbocycles. The Hall–Kier alpha value is -1.91. The van der Waals surface area contributed by atoms with Crippen LogP contribution in [0.1, 0.15) is 39.2 Å². The maximum atomic E-state index is 13.2. The number of carbonyl (C=O) groups is 2. The van der Waals surface area contributed by atoms with E-state index in [0.29, 0.717) is 13.1 Å². The van der Waals surface area contributed by atoms with E-state index >= 15 is 0 Å². The third-order valence-corrected chi connectivity index (χ3v) is 3.26. The van der Waals surface area contributed by atoms with Gasteiger partial charge in [-0.25, -0.2) is 4.39 Å². The first-order valence-electron chi connectivity index (χ1n) is 6.97. The molecule has 0 aromatic heterocycles. The molecule has 1 amide bonds. The molecule has 0 fully saturated rings. The van der Waals surface area contributed by atoms with Gasteiger partial charge in [0.1, 0.15) is 5.82 Å². The van der Waals surface area contributed by atoms with Crippen molar-refractivity contribution in [2.24, 2.45) is 5.41 Å². The Morgan fingerprint density at radius 2 is 1.95 bits per heavy atom. The molecule has 0 bridgehead atoms. The van der Waals surface area contributed by atoms with Crippen LogP contribution in [0.25, 0.3) is 0 Å². The predicted octanol–water partition coefficient (Wildman–Crippen LogP) is 3.07. The van der Waals surface area contributed by atoms with Gasteiger partial charge in [-0.05, 0) is 30.0 Å². The van der Waals surface area contributed by atoms with Crippen LogP contribution in [0.4, 0.5) is 4.39 Å². The highest BCUT2D eigenvalue weighted by atomic mass is 19.1. The lowest BCUT2D eigenvalue weighted by Crippen LogP contribution is -2.34. The van der Waals surface area contributed by atoms with Crippen LogP contribution in [0.2, 0.25) is 0 Å². The van der Waals surface area contributed by atoms with E-state index in [0.717, 1.165) is 5.56 Å². The van der Waals surface area contributed by atoms with E-state index in [1.807, 2.05) is 6.92 Å². The Bertz CT molecular complexity index is 514. The summed E-state index contributed by atoms with van der Waals surface area (Å²) in [6, 6.07) is 6.13. The maximum Gasteiger partial charge on any atom is 0.303 e. The first-order valence-corrected chi connectivity index (χ1v) is 6.97. The number of hydrogen-bond donors (Lipinski definition) is 1. The smallest absolute Gasteiger partial charge is 0.303 e. The summed E-state index contributed by atoms with van der Waals surface area (Å²) in [4.78, 5) is 24.7. The highest BCUT2D eigenvalue weighted by Crippen LogP contribution is 2.26. The van der Waals surface area contributed by atoms with Gasteiger partial charge < -0.3 is 10.0 Å². The van der Waals surface area contributed by atoms with Crippen molar-refractivity contribution >= 4 is 11.9 Å². The predicted molar refractivity (Wildman–Crippen MR) is 78.1 cm³/mol. The van der Waals surface area contributed by atoms with Gasteiger partial charge in [-0.1, -0.05) is 26.0 Å². The van der Waals surface area contributed by atoms with Crippen LogP contribution in [0.15, 0.2) is 24.3 Å². The van der Waals surface area contributed by atoms with E-state index in [-0.39, 0.29) is 24.6 Å². The number of carbonyl (C=O) groups excluding carboxylic acids is 1. The molecule has 1 aromatic carbocycles. The van der Waals surface area contributed by atoms with Crippen LogP contribution in [0.5, 0.6) is 0 Å². The van der Waals surface area contributed by atoms with E-state index in [1.165, 1.54) is 12.1 Å². The summed E-state index contributed by atoms with van der Waals surface area (Å²) < 4.78 is 13.2. The van der Waals surface area contributed by atoms with E-state index in [2.05, 4.69) is 0 Å². The molecule has 1 N–H and O–H groups in total. The molecule has 0 atom stereocenters. The second kappa shape index (κ2) is 7.20. The van der Waals surface area contributed by atoms with Crippen molar-refractivity contribution in [3.63, 3.8) is 0 Å². The van der Waals surface area contributed by atoms with E-state index in [1.54, 1.807) is 30.9 Å². The molecule has 0 radical (unpaired) electrons. The highest BCUT2D eigenvalue weighted by Gasteiger charge is 2.27. The van der Waals surface area contributed by atoms with E-state index < -0.39 is 11.4 Å². The lowest BCUT2D eigenvalue weighted by atomic mass is 9.85. The van der Waals surface area contributed by atoms with Gasteiger partial charge in [-0.3, -0.25) is 9.59 Å². The molecular formula is C16H22FNO3. The number of benzene rings is 1. The van der Waals surface area contributed by atoms with Crippen LogP contribution in [0.3, 0.4) is 0 Å². The largest absolute Gasteiger partial charge is 0.481 e. The average molecular weight is 295 g/mol. The van der Waals surface area contributed by atoms with Gasteiger partial charge in [-0.2, -0.15) is 0 Å². The molecule has 21 heavy (non-hydrogen) atoms. The third-order valence-electron chi connectivity index (χ3n) is 3.26. The lowest BCUT2D eigenvalue weighted by Gasteiger charge is -2.27. The lowest BCUT2D eigenvalue weighted by molar-refractivity contribution is -0.140. The second-order valence-electron chi connectivity index (χ2n) is 5.95. The molecule has 4 nitrogen and oxygen atoms in total. The topological polar surface area (TPSA) is 57.6 Å². The fourth-order valence-corrected chi connectivity index (χ4v) is 2.23. The molecule has 1 aromatic rings. The minimum atomic E-state index is -0.916. The molecule has 1 rings (SSSR count). The Labute approximate surface area is 124 Å². The Morgan fingerprint density at radius 1 is 1.29 bits per heavy atom. The number of rotatable bonds is 7. The van der Waals surface area contributed by atoms with Crippen LogP contribution >= 0.6 is 0 Å². The quantitative estimate of drug-likeness (QED) is 0.841. The zero-order valence-corrected chi connectivity index (χ0v) is 12.7. The van der Waals surface area contributed by atoms with Crippen LogP contribution in [0, 0.1) is 11.2 Å². The van der Waals surface area contributed by atoms with Gasteiger partial charge in [0, 0.05) is 19.5 Å². The highest BCUT2D eigenvalue weighted by molar-refractivity contribution is 5.78. The second-order valence-corrected chi connectivity index (χ2v) is 5.95. The first kappa shape index (κ1) is 17.1. The van der Waals surface area contributed by atoms with Crippen molar-refractivity contribution in [3.05, 3.63) is 35.6 Å². The number of nitrogens with zero attached hydrogens (tertiary/aromatic N) is 1. The minimum Gasteiger partial charge on any atom is -0.481 e. The van der Waals surface area contributed by atoms with E-state index in [4.69, 9.17) is 5.11 Å². The zero-order chi connectivity index (χ0) is 16.0. The molecule has 0 aliphatic heterocycles. The summed E-state index contributed by atoms with van der Waals surface area (Å²) in [6.45, 7) is 6.19. The number of amides is 1. The fraction of sp³-hybridized carbons (Fsp3) is 0.500. The summed E-state index contributed by atoms with van der Waals surface area (Å²) >= 11 is 0. The third kappa shape index (κ3) is 5.94. The summed E-state index contributed by atoms with van der Waals surface area (Å²) in [7, 11) is 0. The summed E-state index contributed by atoms with van der Waals surface area (Å²) in [5.74, 6) is -1.36. The van der Waals surface area contributed by atoms with Crippen molar-refractivity contribution in [3.8, 4) is 0 Å². The van der Waals surface area contributed by atoms with Gasteiger partial charge in [0.05, 0.1) is 6.42 Å².